The summed E-state index contributed by atoms with van der Waals surface area (Å²) < 4.78 is 0. The van der Waals surface area contributed by atoms with Gasteiger partial charge >= 0.3 is 0 Å². The fraction of sp³-hybridized carbons (Fsp3) is 0.688. The molecule has 3 nitrogen and oxygen atoms in total. The largest absolute Gasteiger partial charge is 0.312 e. The molecule has 1 aromatic rings. The molecule has 0 aromatic carbocycles. The molecule has 1 saturated carbocycles. The van der Waals surface area contributed by atoms with E-state index in [0.717, 1.165) is 13.1 Å². The van der Waals surface area contributed by atoms with Crippen LogP contribution in [0.25, 0.3) is 0 Å². The second-order valence-electron chi connectivity index (χ2n) is 5.69. The van der Waals surface area contributed by atoms with E-state index in [9.17, 15) is 0 Å². The zero-order valence-electron chi connectivity index (χ0n) is 12.3. The van der Waals surface area contributed by atoms with Gasteiger partial charge < -0.3 is 5.32 Å². The molecule has 2 rings (SSSR count). The van der Waals surface area contributed by atoms with Gasteiger partial charge in [0.05, 0.1) is 0 Å². The molecule has 1 heterocycles. The van der Waals surface area contributed by atoms with E-state index in [1.165, 1.54) is 37.7 Å². The highest BCUT2D eigenvalue weighted by molar-refractivity contribution is 5.08. The number of pyridine rings is 1. The lowest BCUT2D eigenvalue weighted by molar-refractivity contribution is 0.143. The van der Waals surface area contributed by atoms with Crippen LogP contribution in [0.2, 0.25) is 0 Å². The highest BCUT2D eigenvalue weighted by Gasteiger charge is 2.27. The first-order chi connectivity index (χ1) is 9.31. The Labute approximate surface area is 117 Å². The number of nitrogens with one attached hydrogen (secondary N) is 1. The average Bonchev–Trinajstić information content (AvgIpc) is 2.46. The summed E-state index contributed by atoms with van der Waals surface area (Å²) in [5, 5.41) is 3.73. The van der Waals surface area contributed by atoms with E-state index in [2.05, 4.69) is 35.2 Å². The minimum absolute atomic E-state index is 0.662. The van der Waals surface area contributed by atoms with Crippen molar-refractivity contribution >= 4 is 0 Å². The molecule has 2 unspecified atom stereocenters. The zero-order valence-corrected chi connectivity index (χ0v) is 12.3. The predicted octanol–water partition coefficient (Wildman–Crippen LogP) is 2.82. The molecule has 0 aliphatic heterocycles. The van der Waals surface area contributed by atoms with Gasteiger partial charge in [-0.05, 0) is 44.5 Å². The average molecular weight is 261 g/mol. The van der Waals surface area contributed by atoms with Crippen LogP contribution in [0.5, 0.6) is 0 Å². The van der Waals surface area contributed by atoms with Gasteiger partial charge in [-0.1, -0.05) is 25.8 Å². The van der Waals surface area contributed by atoms with E-state index in [1.807, 2.05) is 18.5 Å². The molecule has 0 saturated heterocycles. The molecule has 1 N–H and O–H groups in total. The SMILES string of the molecule is CCCNC1CCCCC1N(C)Cc1cccnc1. The number of rotatable bonds is 6. The van der Waals surface area contributed by atoms with Crippen LogP contribution in [0.1, 0.15) is 44.6 Å². The Morgan fingerprint density at radius 3 is 2.95 bits per heavy atom. The number of likely N-dealkylation sites (N-methyl/N-ethyl adjacent to an activating group) is 1. The summed E-state index contributed by atoms with van der Waals surface area (Å²) in [6.07, 6.45) is 10.4. The van der Waals surface area contributed by atoms with Gasteiger partial charge in [-0.15, -0.1) is 0 Å². The molecule has 1 fully saturated rings. The third kappa shape index (κ3) is 4.29. The summed E-state index contributed by atoms with van der Waals surface area (Å²) in [5.74, 6) is 0. The molecule has 0 amide bonds. The van der Waals surface area contributed by atoms with Crippen LogP contribution in [0.15, 0.2) is 24.5 Å². The lowest BCUT2D eigenvalue weighted by Crippen LogP contribution is -2.50. The van der Waals surface area contributed by atoms with Crippen LogP contribution >= 0.6 is 0 Å². The van der Waals surface area contributed by atoms with Crippen molar-refractivity contribution in [2.24, 2.45) is 0 Å². The van der Waals surface area contributed by atoms with Crippen LogP contribution in [0.3, 0.4) is 0 Å². The molecule has 1 aliphatic rings. The normalized spacial score (nSPS) is 23.7. The maximum absolute atomic E-state index is 4.21. The Hall–Kier alpha value is -0.930. The quantitative estimate of drug-likeness (QED) is 0.853. The zero-order chi connectivity index (χ0) is 13.5. The molecular formula is C16H27N3. The summed E-state index contributed by atoms with van der Waals surface area (Å²) in [6.45, 7) is 4.38. The number of hydrogen-bond donors (Lipinski definition) is 1. The van der Waals surface area contributed by atoms with Crippen LogP contribution in [0.4, 0.5) is 0 Å². The van der Waals surface area contributed by atoms with Gasteiger partial charge in [-0.25, -0.2) is 0 Å². The maximum atomic E-state index is 4.21. The Morgan fingerprint density at radius 2 is 2.21 bits per heavy atom. The van der Waals surface area contributed by atoms with Gasteiger partial charge in [0, 0.05) is 31.0 Å². The molecular weight excluding hydrogens is 234 g/mol. The Morgan fingerprint density at radius 1 is 1.37 bits per heavy atom. The highest BCUT2D eigenvalue weighted by Crippen LogP contribution is 2.23. The van der Waals surface area contributed by atoms with Crippen molar-refractivity contribution in [2.45, 2.75) is 57.7 Å². The fourth-order valence-electron chi connectivity index (χ4n) is 3.10. The van der Waals surface area contributed by atoms with Crippen molar-refractivity contribution in [2.75, 3.05) is 13.6 Å². The monoisotopic (exact) mass is 261 g/mol. The fourth-order valence-corrected chi connectivity index (χ4v) is 3.10. The van der Waals surface area contributed by atoms with E-state index < -0.39 is 0 Å². The number of hydrogen-bond acceptors (Lipinski definition) is 3. The van der Waals surface area contributed by atoms with Gasteiger partial charge in [0.25, 0.3) is 0 Å². The van der Waals surface area contributed by atoms with Crippen LogP contribution in [0, 0.1) is 0 Å². The van der Waals surface area contributed by atoms with Crippen LogP contribution in [-0.4, -0.2) is 35.6 Å². The standard InChI is InChI=1S/C16H27N3/c1-3-10-18-15-8-4-5-9-16(15)19(2)13-14-7-6-11-17-12-14/h6-7,11-12,15-16,18H,3-5,8-10,13H2,1-2H3. The molecule has 19 heavy (non-hydrogen) atoms. The van der Waals surface area contributed by atoms with Crippen molar-refractivity contribution < 1.29 is 0 Å². The van der Waals surface area contributed by atoms with Crippen molar-refractivity contribution in [3.05, 3.63) is 30.1 Å². The lowest BCUT2D eigenvalue weighted by atomic mass is 9.89. The van der Waals surface area contributed by atoms with E-state index in [0.29, 0.717) is 12.1 Å². The van der Waals surface area contributed by atoms with Gasteiger partial charge in [0.1, 0.15) is 0 Å². The first-order valence-corrected chi connectivity index (χ1v) is 7.63. The summed E-state index contributed by atoms with van der Waals surface area (Å²) >= 11 is 0. The molecule has 0 bridgehead atoms. The molecule has 0 spiro atoms. The summed E-state index contributed by atoms with van der Waals surface area (Å²) in [4.78, 5) is 6.71. The molecule has 2 atom stereocenters. The predicted molar refractivity (Wildman–Crippen MR) is 80.0 cm³/mol. The molecule has 1 aromatic heterocycles. The third-order valence-electron chi connectivity index (χ3n) is 4.11. The lowest BCUT2D eigenvalue weighted by Gasteiger charge is -2.38. The van der Waals surface area contributed by atoms with E-state index in [4.69, 9.17) is 0 Å². The smallest absolute Gasteiger partial charge is 0.0312 e. The minimum atomic E-state index is 0.662. The molecule has 1 aliphatic carbocycles. The first kappa shape index (κ1) is 14.5. The molecule has 0 radical (unpaired) electrons. The highest BCUT2D eigenvalue weighted by atomic mass is 15.2. The Kier molecular flexibility index (Phi) is 5.80. The number of nitrogens with zero attached hydrogens (tertiary/aromatic N) is 2. The van der Waals surface area contributed by atoms with E-state index in [-0.39, 0.29) is 0 Å². The Bertz CT molecular complexity index is 352. The molecule has 106 valence electrons. The van der Waals surface area contributed by atoms with E-state index >= 15 is 0 Å². The molecule has 3 heteroatoms. The van der Waals surface area contributed by atoms with Crippen LogP contribution in [-0.2, 0) is 6.54 Å². The summed E-state index contributed by atoms with van der Waals surface area (Å²) in [7, 11) is 2.25. The summed E-state index contributed by atoms with van der Waals surface area (Å²) in [6, 6.07) is 5.52. The van der Waals surface area contributed by atoms with Crippen molar-refractivity contribution in [1.29, 1.82) is 0 Å². The van der Waals surface area contributed by atoms with Gasteiger partial charge in [-0.2, -0.15) is 0 Å². The minimum Gasteiger partial charge on any atom is -0.312 e. The first-order valence-electron chi connectivity index (χ1n) is 7.63. The van der Waals surface area contributed by atoms with Gasteiger partial charge in [-0.3, -0.25) is 9.88 Å². The van der Waals surface area contributed by atoms with Gasteiger partial charge in [0.2, 0.25) is 0 Å². The van der Waals surface area contributed by atoms with Crippen molar-refractivity contribution in [3.8, 4) is 0 Å². The van der Waals surface area contributed by atoms with Crippen molar-refractivity contribution in [3.63, 3.8) is 0 Å². The number of aromatic nitrogens is 1. The second kappa shape index (κ2) is 7.61. The van der Waals surface area contributed by atoms with E-state index in [1.54, 1.807) is 0 Å². The van der Waals surface area contributed by atoms with Gasteiger partial charge in [0.15, 0.2) is 0 Å². The third-order valence-corrected chi connectivity index (χ3v) is 4.11. The summed E-state index contributed by atoms with van der Waals surface area (Å²) in [5.41, 5.74) is 1.31. The second-order valence-corrected chi connectivity index (χ2v) is 5.69. The topological polar surface area (TPSA) is 28.2 Å². The maximum Gasteiger partial charge on any atom is 0.0312 e. The van der Waals surface area contributed by atoms with Crippen LogP contribution < -0.4 is 5.32 Å². The van der Waals surface area contributed by atoms with Crippen molar-refractivity contribution in [1.82, 2.24) is 15.2 Å². The Balaban J connectivity index is 1.93.